The summed E-state index contributed by atoms with van der Waals surface area (Å²) in [5.74, 6) is -1.85. The third-order valence-electron chi connectivity index (χ3n) is 4.95. The first-order valence-corrected chi connectivity index (χ1v) is 11.9. The van der Waals surface area contributed by atoms with E-state index in [9.17, 15) is 26.8 Å². The molecule has 0 aromatic heterocycles. The lowest BCUT2D eigenvalue weighted by Crippen LogP contribution is -2.46. The highest BCUT2D eigenvalue weighted by Crippen LogP contribution is 2.22. The molecule has 0 bridgehead atoms. The zero-order valence-electron chi connectivity index (χ0n) is 18.2. The lowest BCUT2D eigenvalue weighted by molar-refractivity contribution is -0.140. The Morgan fingerprint density at radius 1 is 1.06 bits per heavy atom. The Bertz CT molecular complexity index is 1050. The molecule has 0 saturated carbocycles. The number of amides is 2. The average Bonchev–Trinajstić information content (AvgIpc) is 2.75. The minimum atomic E-state index is -3.78. The van der Waals surface area contributed by atoms with Crippen LogP contribution in [0.25, 0.3) is 0 Å². The summed E-state index contributed by atoms with van der Waals surface area (Å²) in [5, 5.41) is 2.49. The van der Waals surface area contributed by atoms with Crippen molar-refractivity contribution in [2.75, 3.05) is 24.2 Å². The van der Waals surface area contributed by atoms with Crippen LogP contribution in [0.3, 0.4) is 0 Å². The summed E-state index contributed by atoms with van der Waals surface area (Å²) in [6.07, 6.45) is 1.01. The van der Waals surface area contributed by atoms with Gasteiger partial charge in [0.2, 0.25) is 21.8 Å². The van der Waals surface area contributed by atoms with Gasteiger partial charge in [0.25, 0.3) is 0 Å². The molecule has 32 heavy (non-hydrogen) atoms. The van der Waals surface area contributed by atoms with Crippen molar-refractivity contribution in [1.29, 1.82) is 0 Å². The van der Waals surface area contributed by atoms with Crippen molar-refractivity contribution in [3.8, 4) is 0 Å². The highest BCUT2D eigenvalue weighted by atomic mass is 32.2. The first kappa shape index (κ1) is 25.3. The molecular weight excluding hydrogens is 440 g/mol. The number of carbonyl (C=O) groups is 2. The van der Waals surface area contributed by atoms with E-state index in [0.29, 0.717) is 5.56 Å². The number of sulfonamides is 1. The largest absolute Gasteiger partial charge is 0.357 e. The number of hydrogen-bond acceptors (Lipinski definition) is 4. The molecule has 0 aliphatic rings. The molecule has 174 valence electrons. The topological polar surface area (TPSA) is 86.8 Å². The fraction of sp³-hybridized carbons (Fsp3) is 0.364. The van der Waals surface area contributed by atoms with Crippen LogP contribution in [0.1, 0.15) is 25.3 Å². The molecular formula is C22H27F2N3O4S. The third-order valence-corrected chi connectivity index (χ3v) is 6.13. The van der Waals surface area contributed by atoms with Gasteiger partial charge in [0.05, 0.1) is 11.9 Å². The van der Waals surface area contributed by atoms with Crippen molar-refractivity contribution in [1.82, 2.24) is 10.2 Å². The van der Waals surface area contributed by atoms with Crippen LogP contribution in [-0.2, 0) is 26.2 Å². The van der Waals surface area contributed by atoms with Gasteiger partial charge in [0.1, 0.15) is 17.7 Å². The van der Waals surface area contributed by atoms with Crippen molar-refractivity contribution in [3.05, 3.63) is 65.7 Å². The number of anilines is 1. The number of para-hydroxylation sites is 1. The quantitative estimate of drug-likeness (QED) is 0.582. The van der Waals surface area contributed by atoms with Crippen LogP contribution in [0.4, 0.5) is 14.5 Å². The van der Waals surface area contributed by atoms with Gasteiger partial charge in [-0.2, -0.15) is 0 Å². The minimum absolute atomic E-state index is 0.0665. The Morgan fingerprint density at radius 3 is 2.25 bits per heavy atom. The number of hydrogen-bond donors (Lipinski definition) is 1. The molecule has 0 fully saturated rings. The molecule has 0 aliphatic carbocycles. The van der Waals surface area contributed by atoms with Crippen LogP contribution < -0.4 is 9.62 Å². The van der Waals surface area contributed by atoms with E-state index in [1.54, 1.807) is 6.92 Å². The zero-order valence-corrected chi connectivity index (χ0v) is 19.0. The fourth-order valence-electron chi connectivity index (χ4n) is 3.21. The second kappa shape index (κ2) is 11.0. The number of benzene rings is 2. The van der Waals surface area contributed by atoms with Gasteiger partial charge in [-0.25, -0.2) is 17.2 Å². The molecule has 7 nitrogen and oxygen atoms in total. The lowest BCUT2D eigenvalue weighted by Gasteiger charge is -2.29. The van der Waals surface area contributed by atoms with Crippen LogP contribution in [0.5, 0.6) is 0 Å². The lowest BCUT2D eigenvalue weighted by atomic mass is 10.1. The number of rotatable bonds is 10. The first-order chi connectivity index (χ1) is 15.0. The van der Waals surface area contributed by atoms with Gasteiger partial charge in [-0.15, -0.1) is 0 Å². The summed E-state index contributed by atoms with van der Waals surface area (Å²) in [4.78, 5) is 26.4. The standard InChI is InChI=1S/C22H27F2N3O4S/c1-16(22(29)25-2)26(15-17-10-12-18(23)13-11-17)21(28)9-6-14-27(32(3,30)31)20-8-5-4-7-19(20)24/h4-5,7-8,10-13,16H,6,9,14-15H2,1-3H3,(H,25,29). The Labute approximate surface area is 187 Å². The number of carbonyl (C=O) groups excluding carboxylic acids is 2. The summed E-state index contributed by atoms with van der Waals surface area (Å²) >= 11 is 0. The molecule has 0 radical (unpaired) electrons. The maximum Gasteiger partial charge on any atom is 0.242 e. The number of halogens is 2. The van der Waals surface area contributed by atoms with Gasteiger partial charge in [-0.3, -0.25) is 13.9 Å². The Balaban J connectivity index is 2.14. The Kier molecular flexibility index (Phi) is 8.71. The van der Waals surface area contributed by atoms with Crippen molar-refractivity contribution in [2.24, 2.45) is 0 Å². The van der Waals surface area contributed by atoms with Gasteiger partial charge in [0, 0.05) is 26.6 Å². The summed E-state index contributed by atoms with van der Waals surface area (Å²) in [7, 11) is -2.32. The van der Waals surface area contributed by atoms with E-state index >= 15 is 0 Å². The van der Waals surface area contributed by atoms with Gasteiger partial charge in [0.15, 0.2) is 0 Å². The summed E-state index contributed by atoms with van der Waals surface area (Å²) in [6.45, 7) is 1.55. The van der Waals surface area contributed by atoms with Crippen LogP contribution in [0.15, 0.2) is 48.5 Å². The van der Waals surface area contributed by atoms with Crippen LogP contribution in [0.2, 0.25) is 0 Å². The van der Waals surface area contributed by atoms with Crippen molar-refractivity contribution in [2.45, 2.75) is 32.4 Å². The molecule has 0 saturated heterocycles. The molecule has 10 heteroatoms. The smallest absolute Gasteiger partial charge is 0.242 e. The second-order valence-electron chi connectivity index (χ2n) is 7.33. The molecule has 0 aliphatic heterocycles. The number of likely N-dealkylation sites (N-methyl/N-ethyl adjacent to an activating group) is 1. The normalized spacial score (nSPS) is 12.2. The maximum absolute atomic E-state index is 14.1. The Morgan fingerprint density at radius 2 is 1.69 bits per heavy atom. The van der Waals surface area contributed by atoms with Gasteiger partial charge < -0.3 is 10.2 Å². The van der Waals surface area contributed by atoms with E-state index in [0.717, 1.165) is 16.6 Å². The van der Waals surface area contributed by atoms with Crippen LogP contribution in [-0.4, -0.2) is 51.0 Å². The van der Waals surface area contributed by atoms with E-state index < -0.39 is 27.7 Å². The highest BCUT2D eigenvalue weighted by molar-refractivity contribution is 7.92. The monoisotopic (exact) mass is 467 g/mol. The van der Waals surface area contributed by atoms with Gasteiger partial charge in [-0.1, -0.05) is 24.3 Å². The fourth-order valence-corrected chi connectivity index (χ4v) is 4.18. The van der Waals surface area contributed by atoms with Crippen molar-refractivity contribution < 1.29 is 26.8 Å². The van der Waals surface area contributed by atoms with E-state index in [1.165, 1.54) is 54.4 Å². The summed E-state index contributed by atoms with van der Waals surface area (Å²) < 4.78 is 52.6. The number of nitrogens with one attached hydrogen (secondary N) is 1. The SMILES string of the molecule is CNC(=O)C(C)N(Cc1ccc(F)cc1)C(=O)CCCN(c1ccccc1F)S(C)(=O)=O. The van der Waals surface area contributed by atoms with Crippen molar-refractivity contribution in [3.63, 3.8) is 0 Å². The molecule has 2 rings (SSSR count). The minimum Gasteiger partial charge on any atom is -0.357 e. The molecule has 2 amide bonds. The molecule has 2 aromatic rings. The molecule has 1 atom stereocenters. The van der Waals surface area contributed by atoms with E-state index in [2.05, 4.69) is 5.32 Å². The molecule has 1 unspecified atom stereocenters. The van der Waals surface area contributed by atoms with Crippen molar-refractivity contribution >= 4 is 27.5 Å². The Hall–Kier alpha value is -3.01. The number of nitrogens with zero attached hydrogens (tertiary/aromatic N) is 2. The average molecular weight is 468 g/mol. The van der Waals surface area contributed by atoms with Crippen LogP contribution in [0, 0.1) is 11.6 Å². The van der Waals surface area contributed by atoms with E-state index in [1.807, 2.05) is 0 Å². The first-order valence-electron chi connectivity index (χ1n) is 10.0. The molecule has 2 aromatic carbocycles. The molecule has 0 spiro atoms. The van der Waals surface area contributed by atoms with E-state index in [-0.39, 0.29) is 43.4 Å². The predicted molar refractivity (Wildman–Crippen MR) is 118 cm³/mol. The molecule has 1 N–H and O–H groups in total. The van der Waals surface area contributed by atoms with E-state index in [4.69, 9.17) is 0 Å². The zero-order chi connectivity index (χ0) is 23.9. The predicted octanol–water partition coefficient (Wildman–Crippen LogP) is 2.67. The summed E-state index contributed by atoms with van der Waals surface area (Å²) in [5.41, 5.74) is 0.545. The maximum atomic E-state index is 14.1. The van der Waals surface area contributed by atoms with Gasteiger partial charge >= 0.3 is 0 Å². The van der Waals surface area contributed by atoms with Gasteiger partial charge in [-0.05, 0) is 43.2 Å². The van der Waals surface area contributed by atoms with Crippen LogP contribution >= 0.6 is 0 Å². The highest BCUT2D eigenvalue weighted by Gasteiger charge is 2.26. The third kappa shape index (κ3) is 6.74. The second-order valence-corrected chi connectivity index (χ2v) is 9.24. The molecule has 0 heterocycles. The summed E-state index contributed by atoms with van der Waals surface area (Å²) in [6, 6.07) is 10.3.